The number of aromatic nitrogens is 4. The van der Waals surface area contributed by atoms with E-state index in [-0.39, 0.29) is 0 Å². The maximum Gasteiger partial charge on any atom is 0.161 e. The first-order valence-electron chi connectivity index (χ1n) is 10.1. The molecule has 1 N–H and O–H groups in total. The molecule has 2 aromatic carbocycles. The highest BCUT2D eigenvalue weighted by atomic mass is 16.5. The van der Waals surface area contributed by atoms with Crippen molar-refractivity contribution in [1.82, 2.24) is 19.7 Å². The van der Waals surface area contributed by atoms with Crippen molar-refractivity contribution in [2.45, 2.75) is 13.3 Å². The zero-order valence-corrected chi connectivity index (χ0v) is 18.5. The van der Waals surface area contributed by atoms with Crippen molar-refractivity contribution in [3.8, 4) is 22.9 Å². The molecular formula is C24H25N5O3. The number of benzene rings is 2. The Kier molecular flexibility index (Phi) is 6.21. The molecule has 0 amide bonds. The smallest absolute Gasteiger partial charge is 0.161 e. The normalized spacial score (nSPS) is 10.6. The van der Waals surface area contributed by atoms with Crippen molar-refractivity contribution >= 4 is 11.6 Å². The maximum atomic E-state index is 5.39. The van der Waals surface area contributed by atoms with Gasteiger partial charge >= 0.3 is 0 Å². The average molecular weight is 431 g/mol. The van der Waals surface area contributed by atoms with Gasteiger partial charge in [-0.2, -0.15) is 5.10 Å². The van der Waals surface area contributed by atoms with Crippen LogP contribution < -0.4 is 19.5 Å². The van der Waals surface area contributed by atoms with Gasteiger partial charge in [-0.15, -0.1) is 0 Å². The molecule has 0 radical (unpaired) electrons. The summed E-state index contributed by atoms with van der Waals surface area (Å²) in [4.78, 5) is 9.10. The van der Waals surface area contributed by atoms with E-state index in [0.717, 1.165) is 28.5 Å². The molecule has 0 aliphatic rings. The van der Waals surface area contributed by atoms with Crippen molar-refractivity contribution in [3.05, 3.63) is 77.9 Å². The first-order valence-corrected chi connectivity index (χ1v) is 10.1. The molecule has 2 heterocycles. The van der Waals surface area contributed by atoms with Crippen LogP contribution in [-0.4, -0.2) is 41.1 Å². The Morgan fingerprint density at radius 1 is 0.875 bits per heavy atom. The maximum absolute atomic E-state index is 5.39. The summed E-state index contributed by atoms with van der Waals surface area (Å²) in [6.07, 6.45) is 2.30. The van der Waals surface area contributed by atoms with Gasteiger partial charge in [-0.25, -0.2) is 14.6 Å². The third kappa shape index (κ3) is 4.64. The van der Waals surface area contributed by atoms with Crippen LogP contribution in [0.5, 0.6) is 17.2 Å². The fraction of sp³-hybridized carbons (Fsp3) is 0.208. The van der Waals surface area contributed by atoms with E-state index in [9.17, 15) is 0 Å². The first kappa shape index (κ1) is 21.2. The monoisotopic (exact) mass is 431 g/mol. The van der Waals surface area contributed by atoms with Crippen molar-refractivity contribution < 1.29 is 14.2 Å². The minimum Gasteiger partial charge on any atom is -0.497 e. The van der Waals surface area contributed by atoms with Crippen LogP contribution in [0, 0.1) is 6.92 Å². The molecule has 4 rings (SSSR count). The standard InChI is InChI=1S/C24H25N5O3/c1-16-13-24(29(28-16)18-6-8-19(30-2)9-7-18)27-22-11-12-25-23(26-22)15-17-5-10-20(31-3)21(14-17)32-4/h5-14H,15H2,1-4H3,(H,25,26,27). The fourth-order valence-electron chi connectivity index (χ4n) is 3.37. The zero-order valence-electron chi connectivity index (χ0n) is 18.5. The number of ether oxygens (including phenoxy) is 3. The van der Waals surface area contributed by atoms with Gasteiger partial charge in [0.2, 0.25) is 0 Å². The molecule has 0 atom stereocenters. The number of rotatable bonds is 8. The molecule has 0 bridgehead atoms. The molecule has 0 saturated heterocycles. The lowest BCUT2D eigenvalue weighted by molar-refractivity contribution is 0.354. The summed E-state index contributed by atoms with van der Waals surface area (Å²) in [7, 11) is 4.89. The van der Waals surface area contributed by atoms with Gasteiger partial charge in [0.1, 0.15) is 23.2 Å². The Balaban J connectivity index is 1.56. The topological polar surface area (TPSA) is 83.3 Å². The van der Waals surface area contributed by atoms with E-state index in [0.29, 0.717) is 29.6 Å². The van der Waals surface area contributed by atoms with Crippen molar-refractivity contribution in [2.24, 2.45) is 0 Å². The SMILES string of the molecule is COc1ccc(-n2nc(C)cc2Nc2ccnc(Cc3ccc(OC)c(OC)c3)n2)cc1. The second-order valence-corrected chi connectivity index (χ2v) is 7.13. The minimum absolute atomic E-state index is 0.562. The molecule has 8 nitrogen and oxygen atoms in total. The van der Waals surface area contributed by atoms with Crippen LogP contribution in [0.15, 0.2) is 60.8 Å². The molecule has 0 saturated carbocycles. The fourth-order valence-corrected chi connectivity index (χ4v) is 3.37. The molecular weight excluding hydrogens is 406 g/mol. The van der Waals surface area contributed by atoms with E-state index in [1.54, 1.807) is 27.5 Å². The highest BCUT2D eigenvalue weighted by Gasteiger charge is 2.11. The lowest BCUT2D eigenvalue weighted by Crippen LogP contribution is -2.05. The molecule has 2 aromatic heterocycles. The number of nitrogens with zero attached hydrogens (tertiary/aromatic N) is 4. The number of aryl methyl sites for hydroxylation is 1. The Labute approximate surface area is 186 Å². The Bertz CT molecular complexity index is 1200. The van der Waals surface area contributed by atoms with E-state index in [2.05, 4.69) is 20.4 Å². The molecule has 32 heavy (non-hydrogen) atoms. The predicted octanol–water partition coefficient (Wildman–Crippen LogP) is 4.33. The average Bonchev–Trinajstić information content (AvgIpc) is 3.19. The lowest BCUT2D eigenvalue weighted by Gasteiger charge is -2.11. The van der Waals surface area contributed by atoms with Crippen molar-refractivity contribution in [1.29, 1.82) is 0 Å². The molecule has 8 heteroatoms. The van der Waals surface area contributed by atoms with Crippen LogP contribution in [0.3, 0.4) is 0 Å². The number of anilines is 2. The molecule has 0 spiro atoms. The zero-order chi connectivity index (χ0) is 22.5. The largest absolute Gasteiger partial charge is 0.497 e. The minimum atomic E-state index is 0.562. The Morgan fingerprint density at radius 3 is 2.38 bits per heavy atom. The number of nitrogens with one attached hydrogen (secondary N) is 1. The van der Waals surface area contributed by atoms with Gasteiger partial charge in [0, 0.05) is 18.7 Å². The van der Waals surface area contributed by atoms with Crippen molar-refractivity contribution in [2.75, 3.05) is 26.6 Å². The van der Waals surface area contributed by atoms with Crippen LogP contribution in [0.1, 0.15) is 17.1 Å². The van der Waals surface area contributed by atoms with E-state index in [4.69, 9.17) is 14.2 Å². The summed E-state index contributed by atoms with van der Waals surface area (Å²) in [6, 6.07) is 17.3. The highest BCUT2D eigenvalue weighted by molar-refractivity contribution is 5.56. The molecule has 0 unspecified atom stereocenters. The van der Waals surface area contributed by atoms with Crippen LogP contribution in [0.25, 0.3) is 5.69 Å². The van der Waals surface area contributed by atoms with Gasteiger partial charge in [-0.05, 0) is 55.0 Å². The quantitative estimate of drug-likeness (QED) is 0.444. The molecule has 4 aromatic rings. The number of methoxy groups -OCH3 is 3. The second-order valence-electron chi connectivity index (χ2n) is 7.13. The van der Waals surface area contributed by atoms with Crippen LogP contribution in [0.2, 0.25) is 0 Å². The summed E-state index contributed by atoms with van der Waals surface area (Å²) >= 11 is 0. The summed E-state index contributed by atoms with van der Waals surface area (Å²) < 4.78 is 17.8. The van der Waals surface area contributed by atoms with Crippen LogP contribution in [-0.2, 0) is 6.42 Å². The van der Waals surface area contributed by atoms with E-state index >= 15 is 0 Å². The van der Waals surface area contributed by atoms with Gasteiger partial charge in [0.25, 0.3) is 0 Å². The van der Waals surface area contributed by atoms with E-state index < -0.39 is 0 Å². The van der Waals surface area contributed by atoms with Crippen LogP contribution >= 0.6 is 0 Å². The van der Waals surface area contributed by atoms with Gasteiger partial charge in [0.05, 0.1) is 32.7 Å². The third-order valence-electron chi connectivity index (χ3n) is 4.92. The summed E-state index contributed by atoms with van der Waals surface area (Å²) in [6.45, 7) is 1.95. The highest BCUT2D eigenvalue weighted by Crippen LogP contribution is 2.28. The predicted molar refractivity (Wildman–Crippen MR) is 123 cm³/mol. The van der Waals surface area contributed by atoms with Crippen LogP contribution in [0.4, 0.5) is 11.6 Å². The van der Waals surface area contributed by atoms with E-state index in [1.165, 1.54) is 0 Å². The summed E-state index contributed by atoms with van der Waals surface area (Å²) in [5.41, 5.74) is 2.84. The third-order valence-corrected chi connectivity index (χ3v) is 4.92. The number of hydrogen-bond acceptors (Lipinski definition) is 7. The van der Waals surface area contributed by atoms with Crippen molar-refractivity contribution in [3.63, 3.8) is 0 Å². The second kappa shape index (κ2) is 9.38. The van der Waals surface area contributed by atoms with E-state index in [1.807, 2.05) is 66.2 Å². The van der Waals surface area contributed by atoms with Gasteiger partial charge in [-0.3, -0.25) is 0 Å². The number of hydrogen-bond donors (Lipinski definition) is 1. The lowest BCUT2D eigenvalue weighted by atomic mass is 10.1. The Morgan fingerprint density at radius 2 is 1.66 bits per heavy atom. The first-order chi connectivity index (χ1) is 15.6. The molecule has 0 aliphatic heterocycles. The van der Waals surface area contributed by atoms with Gasteiger partial charge in [0.15, 0.2) is 11.5 Å². The summed E-state index contributed by atoms with van der Waals surface area (Å²) in [5, 5.41) is 7.96. The van der Waals surface area contributed by atoms with Gasteiger partial charge in [-0.1, -0.05) is 6.07 Å². The molecule has 0 fully saturated rings. The summed E-state index contributed by atoms with van der Waals surface area (Å²) in [5.74, 6) is 4.35. The molecule has 164 valence electrons. The molecule has 0 aliphatic carbocycles. The Hall–Kier alpha value is -4.07. The van der Waals surface area contributed by atoms with Gasteiger partial charge < -0.3 is 19.5 Å².